The van der Waals surface area contributed by atoms with Crippen LogP contribution in [0.25, 0.3) is 0 Å². The molecule has 1 spiro atoms. The Kier molecular flexibility index (Phi) is 3.38. The van der Waals surface area contributed by atoms with E-state index >= 15 is 0 Å². The van der Waals surface area contributed by atoms with Gasteiger partial charge < -0.3 is 10.1 Å². The monoisotopic (exact) mass is 277 g/mol. The highest BCUT2D eigenvalue weighted by Gasteiger charge is 2.53. The molecule has 1 N–H and O–H groups in total. The number of fused-ring (bicyclic) bond motifs is 2. The lowest BCUT2D eigenvalue weighted by atomic mass is 9.69. The van der Waals surface area contributed by atoms with Gasteiger partial charge in [-0.25, -0.2) is 0 Å². The van der Waals surface area contributed by atoms with Gasteiger partial charge in [0.15, 0.2) is 0 Å². The first-order chi connectivity index (χ1) is 9.74. The first-order valence-electron chi connectivity index (χ1n) is 9.06. The second kappa shape index (κ2) is 4.98. The van der Waals surface area contributed by atoms with E-state index in [0.717, 1.165) is 11.8 Å². The highest BCUT2D eigenvalue weighted by atomic mass is 16.5. The second-order valence-corrected chi connectivity index (χ2v) is 8.35. The van der Waals surface area contributed by atoms with E-state index in [2.05, 4.69) is 12.4 Å². The molecule has 0 radical (unpaired) electrons. The third-order valence-electron chi connectivity index (χ3n) is 7.12. The van der Waals surface area contributed by atoms with E-state index in [1.54, 1.807) is 0 Å². The molecular weight excluding hydrogens is 246 g/mol. The molecule has 114 valence electrons. The van der Waals surface area contributed by atoms with Gasteiger partial charge in [-0.3, -0.25) is 0 Å². The SMILES string of the molecule is CNCC1(CC2CCC3(CCCC3)O2)CC2CCC1C2. The Bertz CT molecular complexity index is 362. The summed E-state index contributed by atoms with van der Waals surface area (Å²) in [6.07, 6.45) is 16.1. The van der Waals surface area contributed by atoms with E-state index in [-0.39, 0.29) is 0 Å². The van der Waals surface area contributed by atoms with E-state index in [4.69, 9.17) is 4.74 Å². The predicted octanol–water partition coefficient (Wildman–Crippen LogP) is 3.89. The van der Waals surface area contributed by atoms with Crippen LogP contribution in [0.3, 0.4) is 0 Å². The van der Waals surface area contributed by atoms with Crippen molar-refractivity contribution < 1.29 is 4.74 Å². The smallest absolute Gasteiger partial charge is 0.0687 e. The van der Waals surface area contributed by atoms with Crippen LogP contribution in [-0.4, -0.2) is 25.3 Å². The molecule has 4 aliphatic rings. The van der Waals surface area contributed by atoms with Gasteiger partial charge in [0.05, 0.1) is 11.7 Å². The summed E-state index contributed by atoms with van der Waals surface area (Å²) in [5, 5.41) is 3.51. The van der Waals surface area contributed by atoms with Crippen molar-refractivity contribution in [2.45, 2.75) is 82.3 Å². The van der Waals surface area contributed by atoms with Crippen molar-refractivity contribution in [3.63, 3.8) is 0 Å². The Morgan fingerprint density at radius 3 is 2.60 bits per heavy atom. The van der Waals surface area contributed by atoms with Gasteiger partial charge >= 0.3 is 0 Å². The zero-order valence-electron chi connectivity index (χ0n) is 13.1. The molecule has 4 fully saturated rings. The lowest BCUT2D eigenvalue weighted by Gasteiger charge is -2.40. The van der Waals surface area contributed by atoms with E-state index in [1.165, 1.54) is 77.2 Å². The van der Waals surface area contributed by atoms with E-state index in [1.807, 2.05) is 0 Å². The molecule has 2 nitrogen and oxygen atoms in total. The lowest BCUT2D eigenvalue weighted by molar-refractivity contribution is -0.0600. The van der Waals surface area contributed by atoms with Crippen LogP contribution in [0.2, 0.25) is 0 Å². The van der Waals surface area contributed by atoms with Gasteiger partial charge in [0.2, 0.25) is 0 Å². The summed E-state index contributed by atoms with van der Waals surface area (Å²) in [4.78, 5) is 0. The number of nitrogens with one attached hydrogen (secondary N) is 1. The summed E-state index contributed by atoms with van der Waals surface area (Å²) < 4.78 is 6.62. The van der Waals surface area contributed by atoms with Crippen molar-refractivity contribution in [3.8, 4) is 0 Å². The van der Waals surface area contributed by atoms with Crippen LogP contribution in [0.15, 0.2) is 0 Å². The molecule has 2 bridgehead atoms. The Hall–Kier alpha value is -0.0800. The van der Waals surface area contributed by atoms with Gasteiger partial charge in [0.1, 0.15) is 0 Å². The van der Waals surface area contributed by atoms with Gasteiger partial charge in [0.25, 0.3) is 0 Å². The van der Waals surface area contributed by atoms with Crippen LogP contribution in [0.1, 0.15) is 70.6 Å². The van der Waals surface area contributed by atoms with Crippen molar-refractivity contribution >= 4 is 0 Å². The Balaban J connectivity index is 1.44. The molecule has 0 aromatic rings. The molecule has 4 rings (SSSR count). The molecule has 1 saturated heterocycles. The van der Waals surface area contributed by atoms with Gasteiger partial charge in [-0.1, -0.05) is 19.3 Å². The number of ether oxygens (including phenoxy) is 1. The molecule has 0 aromatic heterocycles. The number of hydrogen-bond acceptors (Lipinski definition) is 2. The van der Waals surface area contributed by atoms with Crippen LogP contribution >= 0.6 is 0 Å². The molecular formula is C18H31NO. The summed E-state index contributed by atoms with van der Waals surface area (Å²) in [5.41, 5.74) is 0.898. The minimum absolute atomic E-state index is 0.323. The largest absolute Gasteiger partial charge is 0.372 e. The topological polar surface area (TPSA) is 21.3 Å². The zero-order chi connectivity index (χ0) is 13.6. The fraction of sp³-hybridized carbons (Fsp3) is 1.00. The zero-order valence-corrected chi connectivity index (χ0v) is 13.1. The average Bonchev–Trinajstić information content (AvgIpc) is 3.17. The molecule has 1 aliphatic heterocycles. The third kappa shape index (κ3) is 2.14. The van der Waals surface area contributed by atoms with Crippen LogP contribution < -0.4 is 5.32 Å². The van der Waals surface area contributed by atoms with Gasteiger partial charge in [-0.2, -0.15) is 0 Å². The van der Waals surface area contributed by atoms with Gasteiger partial charge in [-0.05, 0) is 75.7 Å². The quantitative estimate of drug-likeness (QED) is 0.841. The summed E-state index contributed by atoms with van der Waals surface area (Å²) in [6, 6.07) is 0. The summed E-state index contributed by atoms with van der Waals surface area (Å²) >= 11 is 0. The van der Waals surface area contributed by atoms with Gasteiger partial charge in [0, 0.05) is 6.54 Å². The minimum atomic E-state index is 0.323. The van der Waals surface area contributed by atoms with Crippen molar-refractivity contribution in [2.24, 2.45) is 17.3 Å². The minimum Gasteiger partial charge on any atom is -0.372 e. The highest BCUT2D eigenvalue weighted by Crippen LogP contribution is 2.59. The molecule has 4 atom stereocenters. The molecule has 2 heteroatoms. The number of rotatable bonds is 4. The maximum Gasteiger partial charge on any atom is 0.0687 e. The van der Waals surface area contributed by atoms with Crippen LogP contribution in [-0.2, 0) is 4.74 Å². The lowest BCUT2D eigenvalue weighted by Crippen LogP contribution is -2.40. The Labute approximate surface area is 124 Å². The van der Waals surface area contributed by atoms with E-state index in [9.17, 15) is 0 Å². The van der Waals surface area contributed by atoms with Crippen LogP contribution in [0.5, 0.6) is 0 Å². The molecule has 1 heterocycles. The summed E-state index contributed by atoms with van der Waals surface area (Å²) in [5.74, 6) is 2.03. The van der Waals surface area contributed by atoms with Crippen molar-refractivity contribution in [2.75, 3.05) is 13.6 Å². The molecule has 0 aromatic carbocycles. The average molecular weight is 277 g/mol. The first kappa shape index (κ1) is 13.6. The molecule has 20 heavy (non-hydrogen) atoms. The Morgan fingerprint density at radius 1 is 1.10 bits per heavy atom. The second-order valence-electron chi connectivity index (χ2n) is 8.35. The maximum atomic E-state index is 6.62. The van der Waals surface area contributed by atoms with Crippen molar-refractivity contribution in [1.82, 2.24) is 5.32 Å². The summed E-state index contributed by atoms with van der Waals surface area (Å²) in [7, 11) is 2.14. The fourth-order valence-corrected chi connectivity index (χ4v) is 6.33. The van der Waals surface area contributed by atoms with Crippen molar-refractivity contribution in [1.29, 1.82) is 0 Å². The normalized spacial score (nSPS) is 45.8. The molecule has 3 saturated carbocycles. The fourth-order valence-electron chi connectivity index (χ4n) is 6.33. The summed E-state index contributed by atoms with van der Waals surface area (Å²) in [6.45, 7) is 1.22. The van der Waals surface area contributed by atoms with E-state index < -0.39 is 0 Å². The molecule has 0 amide bonds. The van der Waals surface area contributed by atoms with E-state index in [0.29, 0.717) is 17.1 Å². The first-order valence-corrected chi connectivity index (χ1v) is 9.06. The molecule has 3 aliphatic carbocycles. The Morgan fingerprint density at radius 2 is 1.95 bits per heavy atom. The highest BCUT2D eigenvalue weighted by molar-refractivity contribution is 5.04. The van der Waals surface area contributed by atoms with Crippen LogP contribution in [0.4, 0.5) is 0 Å². The standard InChI is InChI=1S/C18H31NO/c1-19-13-17(11-14-4-5-15(17)10-14)12-16-6-9-18(20-16)7-2-3-8-18/h14-16,19H,2-13H2,1H3. The number of hydrogen-bond donors (Lipinski definition) is 1. The van der Waals surface area contributed by atoms with Crippen LogP contribution in [0, 0.1) is 17.3 Å². The third-order valence-corrected chi connectivity index (χ3v) is 7.12. The van der Waals surface area contributed by atoms with Gasteiger partial charge in [-0.15, -0.1) is 0 Å². The maximum absolute atomic E-state index is 6.62. The van der Waals surface area contributed by atoms with Crippen molar-refractivity contribution in [3.05, 3.63) is 0 Å². The molecule has 4 unspecified atom stereocenters. The predicted molar refractivity (Wildman–Crippen MR) is 81.7 cm³/mol.